The number of amides is 1. The van der Waals surface area contributed by atoms with Crippen molar-refractivity contribution in [2.45, 2.75) is 13.0 Å². The van der Waals surface area contributed by atoms with Gasteiger partial charge >= 0.3 is 0 Å². The minimum atomic E-state index is -0.444. The molecule has 1 aromatic rings. The maximum atomic E-state index is 11.0. The van der Waals surface area contributed by atoms with E-state index in [4.69, 9.17) is 11.5 Å². The first-order valence-electron chi connectivity index (χ1n) is 4.59. The molecule has 1 unspecified atom stereocenters. The van der Waals surface area contributed by atoms with Crippen molar-refractivity contribution >= 4 is 27.5 Å². The van der Waals surface area contributed by atoms with Crippen molar-refractivity contribution in [3.63, 3.8) is 0 Å². The molecule has 0 saturated heterocycles. The van der Waals surface area contributed by atoms with Gasteiger partial charge < -0.3 is 16.8 Å². The third kappa shape index (κ3) is 3.53. The van der Waals surface area contributed by atoms with Gasteiger partial charge in [0.2, 0.25) is 5.91 Å². The molecular formula is C10H14BrN3O. The second kappa shape index (κ2) is 5.14. The fourth-order valence-corrected chi connectivity index (χ4v) is 1.68. The Morgan fingerprint density at radius 3 is 2.73 bits per heavy atom. The lowest BCUT2D eigenvalue weighted by Gasteiger charge is -2.10. The second-order valence-electron chi connectivity index (χ2n) is 3.42. The first-order valence-corrected chi connectivity index (χ1v) is 5.39. The van der Waals surface area contributed by atoms with Crippen LogP contribution in [0.3, 0.4) is 0 Å². The number of hydrogen-bond donors (Lipinski definition) is 3. The number of carbonyl (C=O) groups is 1. The van der Waals surface area contributed by atoms with Crippen molar-refractivity contribution < 1.29 is 4.79 Å². The summed E-state index contributed by atoms with van der Waals surface area (Å²) < 4.78 is 0.685. The summed E-state index contributed by atoms with van der Waals surface area (Å²) in [6.45, 7) is 2.60. The summed E-state index contributed by atoms with van der Waals surface area (Å²) in [5.74, 6) is -0.444. The summed E-state index contributed by atoms with van der Waals surface area (Å²) in [5, 5.41) is 3.14. The molecule has 1 amide bonds. The summed E-state index contributed by atoms with van der Waals surface area (Å²) in [6, 6.07) is 5.37. The predicted octanol–water partition coefficient (Wildman–Crippen LogP) is 1.31. The number of primary amides is 1. The van der Waals surface area contributed by atoms with Crippen molar-refractivity contribution in [2.24, 2.45) is 11.5 Å². The highest BCUT2D eigenvalue weighted by Crippen LogP contribution is 2.21. The van der Waals surface area contributed by atoms with Crippen molar-refractivity contribution in [3.8, 4) is 0 Å². The maximum absolute atomic E-state index is 11.0. The highest BCUT2D eigenvalue weighted by molar-refractivity contribution is 9.10. The first-order chi connectivity index (χ1) is 7.00. The third-order valence-corrected chi connectivity index (χ3v) is 2.52. The van der Waals surface area contributed by atoms with Crippen LogP contribution in [0.1, 0.15) is 17.3 Å². The number of nitrogens with two attached hydrogens (primary N) is 2. The van der Waals surface area contributed by atoms with Crippen molar-refractivity contribution in [3.05, 3.63) is 28.2 Å². The standard InChI is InChI=1S/C10H14BrN3O/c1-6(12)5-14-7-2-3-8(10(13)15)9(11)4-7/h2-4,6,14H,5,12H2,1H3,(H2,13,15). The molecule has 1 atom stereocenters. The van der Waals surface area contributed by atoms with E-state index in [1.807, 2.05) is 13.0 Å². The van der Waals surface area contributed by atoms with E-state index >= 15 is 0 Å². The Kier molecular flexibility index (Phi) is 4.11. The highest BCUT2D eigenvalue weighted by Gasteiger charge is 2.06. The first kappa shape index (κ1) is 12.0. The number of halogens is 1. The van der Waals surface area contributed by atoms with Crippen molar-refractivity contribution in [2.75, 3.05) is 11.9 Å². The number of benzene rings is 1. The lowest BCUT2D eigenvalue weighted by atomic mass is 10.2. The lowest BCUT2D eigenvalue weighted by Crippen LogP contribution is -2.25. The average Bonchev–Trinajstić information content (AvgIpc) is 2.14. The van der Waals surface area contributed by atoms with Crippen LogP contribution < -0.4 is 16.8 Å². The normalized spacial score (nSPS) is 12.2. The Labute approximate surface area is 97.1 Å². The van der Waals surface area contributed by atoms with Gasteiger partial charge in [-0.2, -0.15) is 0 Å². The number of rotatable bonds is 4. The third-order valence-electron chi connectivity index (χ3n) is 1.86. The Balaban J connectivity index is 2.78. The van der Waals surface area contributed by atoms with Gasteiger partial charge in [0, 0.05) is 22.7 Å². The Bertz CT molecular complexity index is 366. The van der Waals surface area contributed by atoms with Gasteiger partial charge in [0.05, 0.1) is 5.56 Å². The van der Waals surface area contributed by atoms with Crippen LogP contribution in [0.2, 0.25) is 0 Å². The molecule has 0 aromatic heterocycles. The lowest BCUT2D eigenvalue weighted by molar-refractivity contribution is 0.0999. The fourth-order valence-electron chi connectivity index (χ4n) is 1.10. The van der Waals surface area contributed by atoms with E-state index in [0.29, 0.717) is 16.6 Å². The van der Waals surface area contributed by atoms with Gasteiger partial charge in [-0.15, -0.1) is 0 Å². The van der Waals surface area contributed by atoms with Gasteiger partial charge in [-0.3, -0.25) is 4.79 Å². The fraction of sp³-hybridized carbons (Fsp3) is 0.300. The summed E-state index contributed by atoms with van der Waals surface area (Å²) in [6.07, 6.45) is 0. The minimum Gasteiger partial charge on any atom is -0.383 e. The van der Waals surface area contributed by atoms with E-state index in [-0.39, 0.29) is 6.04 Å². The zero-order valence-electron chi connectivity index (χ0n) is 8.46. The minimum absolute atomic E-state index is 0.0830. The quantitative estimate of drug-likeness (QED) is 0.772. The van der Waals surface area contributed by atoms with E-state index in [0.717, 1.165) is 5.69 Å². The van der Waals surface area contributed by atoms with E-state index in [1.165, 1.54) is 0 Å². The smallest absolute Gasteiger partial charge is 0.249 e. The van der Waals surface area contributed by atoms with Crippen LogP contribution in [-0.4, -0.2) is 18.5 Å². The summed E-state index contributed by atoms with van der Waals surface area (Å²) in [4.78, 5) is 11.0. The van der Waals surface area contributed by atoms with Gasteiger partial charge in [0.1, 0.15) is 0 Å². The van der Waals surface area contributed by atoms with Crippen molar-refractivity contribution in [1.29, 1.82) is 0 Å². The van der Waals surface area contributed by atoms with Crippen LogP contribution in [0.15, 0.2) is 22.7 Å². The van der Waals surface area contributed by atoms with E-state index < -0.39 is 5.91 Å². The highest BCUT2D eigenvalue weighted by atomic mass is 79.9. The second-order valence-corrected chi connectivity index (χ2v) is 4.27. The van der Waals surface area contributed by atoms with Crippen LogP contribution in [0, 0.1) is 0 Å². The number of carbonyl (C=O) groups excluding carboxylic acids is 1. The predicted molar refractivity (Wildman–Crippen MR) is 64.8 cm³/mol. The SMILES string of the molecule is CC(N)CNc1ccc(C(N)=O)c(Br)c1. The van der Waals surface area contributed by atoms with Gasteiger partial charge in [0.15, 0.2) is 0 Å². The molecule has 0 radical (unpaired) electrons. The molecule has 15 heavy (non-hydrogen) atoms. The molecule has 4 nitrogen and oxygen atoms in total. The zero-order chi connectivity index (χ0) is 11.4. The molecule has 1 rings (SSSR count). The Morgan fingerprint density at radius 2 is 2.27 bits per heavy atom. The molecule has 0 aliphatic heterocycles. The molecule has 0 spiro atoms. The molecule has 0 fully saturated rings. The maximum Gasteiger partial charge on any atom is 0.249 e. The van der Waals surface area contributed by atoms with Crippen molar-refractivity contribution in [1.82, 2.24) is 0 Å². The van der Waals surface area contributed by atoms with Gasteiger partial charge in [0.25, 0.3) is 0 Å². The molecule has 5 N–H and O–H groups in total. The van der Waals surface area contributed by atoms with E-state index in [9.17, 15) is 4.79 Å². The number of nitrogens with one attached hydrogen (secondary N) is 1. The Hall–Kier alpha value is -1.07. The van der Waals surface area contributed by atoms with Crippen LogP contribution in [0.5, 0.6) is 0 Å². The Morgan fingerprint density at radius 1 is 1.60 bits per heavy atom. The van der Waals surface area contributed by atoms with Gasteiger partial charge in [-0.05, 0) is 41.1 Å². The summed E-state index contributed by atoms with van der Waals surface area (Å²) >= 11 is 3.28. The van der Waals surface area contributed by atoms with Gasteiger partial charge in [-0.1, -0.05) is 0 Å². The van der Waals surface area contributed by atoms with E-state index in [1.54, 1.807) is 12.1 Å². The molecular weight excluding hydrogens is 258 g/mol. The molecule has 0 bridgehead atoms. The average molecular weight is 272 g/mol. The summed E-state index contributed by atoms with van der Waals surface area (Å²) in [5.41, 5.74) is 12.2. The molecule has 0 saturated carbocycles. The van der Waals surface area contributed by atoms with Crippen LogP contribution in [-0.2, 0) is 0 Å². The van der Waals surface area contributed by atoms with Crippen LogP contribution in [0.4, 0.5) is 5.69 Å². The van der Waals surface area contributed by atoms with E-state index in [2.05, 4.69) is 21.2 Å². The topological polar surface area (TPSA) is 81.1 Å². The molecule has 1 aromatic carbocycles. The van der Waals surface area contributed by atoms with Gasteiger partial charge in [-0.25, -0.2) is 0 Å². The number of hydrogen-bond acceptors (Lipinski definition) is 3. The molecule has 0 heterocycles. The molecule has 0 aliphatic carbocycles. The molecule has 0 aliphatic rings. The largest absolute Gasteiger partial charge is 0.383 e. The summed E-state index contributed by atoms with van der Waals surface area (Å²) in [7, 11) is 0. The monoisotopic (exact) mass is 271 g/mol. The molecule has 5 heteroatoms. The zero-order valence-corrected chi connectivity index (χ0v) is 10.0. The van der Waals surface area contributed by atoms with Crippen LogP contribution in [0.25, 0.3) is 0 Å². The van der Waals surface area contributed by atoms with Crippen LogP contribution >= 0.6 is 15.9 Å². The number of anilines is 1. The molecule has 82 valence electrons.